The fourth-order valence-electron chi connectivity index (χ4n) is 1.97. The van der Waals surface area contributed by atoms with E-state index in [1.807, 2.05) is 0 Å². The van der Waals surface area contributed by atoms with E-state index in [0.717, 1.165) is 0 Å². The van der Waals surface area contributed by atoms with E-state index in [4.69, 9.17) is 13.9 Å². The molecule has 1 heterocycles. The largest absolute Gasteiger partial charge is 0.462 e. The van der Waals surface area contributed by atoms with Crippen molar-refractivity contribution < 1.29 is 28.3 Å². The van der Waals surface area contributed by atoms with Gasteiger partial charge in [0, 0.05) is 5.56 Å². The maximum atomic E-state index is 12.4. The third-order valence-electron chi connectivity index (χ3n) is 2.96. The molecule has 120 valence electrons. The van der Waals surface area contributed by atoms with E-state index in [-0.39, 0.29) is 35.7 Å². The molecule has 0 radical (unpaired) electrons. The van der Waals surface area contributed by atoms with Crippen molar-refractivity contribution in [2.45, 2.75) is 13.8 Å². The molecule has 0 unspecified atom stereocenters. The minimum Gasteiger partial charge on any atom is -0.462 e. The van der Waals surface area contributed by atoms with Gasteiger partial charge in [0.05, 0.1) is 30.6 Å². The third kappa shape index (κ3) is 3.85. The minimum absolute atomic E-state index is 0.104. The Morgan fingerprint density at radius 2 is 1.43 bits per heavy atom. The zero-order valence-corrected chi connectivity index (χ0v) is 12.8. The third-order valence-corrected chi connectivity index (χ3v) is 2.96. The maximum absolute atomic E-state index is 12.4. The molecule has 0 amide bonds. The van der Waals surface area contributed by atoms with E-state index in [1.165, 1.54) is 30.5 Å². The van der Waals surface area contributed by atoms with E-state index in [2.05, 4.69) is 0 Å². The molecule has 6 heteroatoms. The van der Waals surface area contributed by atoms with Crippen molar-refractivity contribution in [3.63, 3.8) is 0 Å². The Balaban J connectivity index is 2.46. The molecular weight excluding hydrogens is 300 g/mol. The zero-order chi connectivity index (χ0) is 16.8. The van der Waals surface area contributed by atoms with E-state index >= 15 is 0 Å². The Bertz CT molecular complexity index is 678. The van der Waals surface area contributed by atoms with Gasteiger partial charge in [0.25, 0.3) is 0 Å². The molecule has 1 aromatic heterocycles. The van der Waals surface area contributed by atoms with Crippen molar-refractivity contribution >= 4 is 17.7 Å². The van der Waals surface area contributed by atoms with Crippen molar-refractivity contribution in [1.29, 1.82) is 0 Å². The molecule has 23 heavy (non-hydrogen) atoms. The summed E-state index contributed by atoms with van der Waals surface area (Å²) in [6.07, 6.45) is 1.37. The van der Waals surface area contributed by atoms with Crippen LogP contribution in [0.15, 0.2) is 41.0 Å². The monoisotopic (exact) mass is 316 g/mol. The predicted molar refractivity (Wildman–Crippen MR) is 80.5 cm³/mol. The number of hydrogen-bond acceptors (Lipinski definition) is 6. The molecule has 0 saturated carbocycles. The molecule has 0 fully saturated rings. The van der Waals surface area contributed by atoms with Crippen LogP contribution in [-0.4, -0.2) is 30.9 Å². The van der Waals surface area contributed by atoms with Crippen LogP contribution in [0.2, 0.25) is 0 Å². The highest BCUT2D eigenvalue weighted by Crippen LogP contribution is 2.17. The molecular formula is C17H16O6. The normalized spacial score (nSPS) is 10.2. The fraction of sp³-hybridized carbons (Fsp3) is 0.235. The molecule has 0 aliphatic rings. The van der Waals surface area contributed by atoms with Gasteiger partial charge in [-0.3, -0.25) is 4.79 Å². The minimum atomic E-state index is -0.618. The topological polar surface area (TPSA) is 82.8 Å². The molecule has 0 aliphatic carbocycles. The van der Waals surface area contributed by atoms with Crippen molar-refractivity contribution in [3.05, 3.63) is 59.0 Å². The highest BCUT2D eigenvalue weighted by molar-refractivity contribution is 6.09. The highest BCUT2D eigenvalue weighted by atomic mass is 16.5. The van der Waals surface area contributed by atoms with E-state index in [0.29, 0.717) is 0 Å². The molecule has 2 rings (SSSR count). The number of rotatable bonds is 6. The summed E-state index contributed by atoms with van der Waals surface area (Å²) in [6, 6.07) is 7.16. The second-order valence-electron chi connectivity index (χ2n) is 4.55. The van der Waals surface area contributed by atoms with Crippen LogP contribution in [0.3, 0.4) is 0 Å². The molecule has 0 spiro atoms. The van der Waals surface area contributed by atoms with Crippen LogP contribution in [0.25, 0.3) is 0 Å². The van der Waals surface area contributed by atoms with Gasteiger partial charge in [-0.05, 0) is 44.2 Å². The number of ether oxygens (including phenoxy) is 2. The van der Waals surface area contributed by atoms with Gasteiger partial charge >= 0.3 is 11.9 Å². The van der Waals surface area contributed by atoms with Gasteiger partial charge in [0.15, 0.2) is 5.76 Å². The Morgan fingerprint density at radius 1 is 0.913 bits per heavy atom. The first kappa shape index (κ1) is 16.5. The van der Waals surface area contributed by atoms with Crippen LogP contribution in [0.4, 0.5) is 0 Å². The lowest BCUT2D eigenvalue weighted by Crippen LogP contribution is -2.12. The van der Waals surface area contributed by atoms with Crippen LogP contribution in [0.1, 0.15) is 50.7 Å². The van der Waals surface area contributed by atoms with Crippen LogP contribution < -0.4 is 0 Å². The first-order chi connectivity index (χ1) is 11.1. The summed E-state index contributed by atoms with van der Waals surface area (Å²) in [5.74, 6) is -1.56. The Hall–Kier alpha value is -2.89. The lowest BCUT2D eigenvalue weighted by Gasteiger charge is -2.08. The lowest BCUT2D eigenvalue weighted by atomic mass is 10.0. The molecule has 2 aromatic rings. The molecule has 0 bridgehead atoms. The van der Waals surface area contributed by atoms with Crippen LogP contribution >= 0.6 is 0 Å². The lowest BCUT2D eigenvalue weighted by molar-refractivity contribution is 0.0525. The first-order valence-corrected chi connectivity index (χ1v) is 7.14. The smallest absolute Gasteiger partial charge is 0.338 e. The predicted octanol–water partition coefficient (Wildman–Crippen LogP) is 2.86. The van der Waals surface area contributed by atoms with Gasteiger partial charge in [-0.25, -0.2) is 9.59 Å². The number of benzene rings is 1. The molecule has 0 aliphatic heterocycles. The highest BCUT2D eigenvalue weighted by Gasteiger charge is 2.19. The summed E-state index contributed by atoms with van der Waals surface area (Å²) in [4.78, 5) is 36.2. The van der Waals surface area contributed by atoms with Crippen molar-refractivity contribution in [1.82, 2.24) is 0 Å². The quantitative estimate of drug-likeness (QED) is 0.602. The van der Waals surface area contributed by atoms with Crippen molar-refractivity contribution in [2.75, 3.05) is 13.2 Å². The summed E-state index contributed by atoms with van der Waals surface area (Å²) >= 11 is 0. The second-order valence-corrected chi connectivity index (χ2v) is 4.55. The summed E-state index contributed by atoms with van der Waals surface area (Å²) in [5.41, 5.74) is 0.355. The number of esters is 2. The number of carbonyl (C=O) groups excluding carboxylic acids is 3. The van der Waals surface area contributed by atoms with Crippen molar-refractivity contribution in [3.8, 4) is 0 Å². The maximum Gasteiger partial charge on any atom is 0.338 e. The van der Waals surface area contributed by atoms with Gasteiger partial charge < -0.3 is 13.9 Å². The van der Waals surface area contributed by atoms with Gasteiger partial charge in [0.2, 0.25) is 5.78 Å². The van der Waals surface area contributed by atoms with Gasteiger partial charge in [-0.2, -0.15) is 0 Å². The average molecular weight is 316 g/mol. The fourth-order valence-corrected chi connectivity index (χ4v) is 1.97. The number of furan rings is 1. The molecule has 6 nitrogen and oxygen atoms in total. The summed E-state index contributed by atoms with van der Waals surface area (Å²) in [6.45, 7) is 3.71. The van der Waals surface area contributed by atoms with Gasteiger partial charge in [0.1, 0.15) is 0 Å². The Kier molecular flexibility index (Phi) is 5.30. The van der Waals surface area contributed by atoms with E-state index < -0.39 is 17.7 Å². The molecule has 0 atom stereocenters. The first-order valence-electron chi connectivity index (χ1n) is 7.14. The molecule has 1 aromatic carbocycles. The van der Waals surface area contributed by atoms with Gasteiger partial charge in [-0.15, -0.1) is 0 Å². The zero-order valence-electron chi connectivity index (χ0n) is 12.8. The second kappa shape index (κ2) is 7.40. The number of carbonyl (C=O) groups is 3. The number of hydrogen-bond donors (Lipinski definition) is 0. The van der Waals surface area contributed by atoms with Crippen LogP contribution in [0.5, 0.6) is 0 Å². The van der Waals surface area contributed by atoms with E-state index in [1.54, 1.807) is 19.9 Å². The summed E-state index contributed by atoms with van der Waals surface area (Å²) in [5, 5.41) is 0. The SMILES string of the molecule is CCOC(=O)c1cc(C(=O)OCC)cc(C(=O)c2ccco2)c1. The van der Waals surface area contributed by atoms with E-state index in [9.17, 15) is 14.4 Å². The van der Waals surface area contributed by atoms with Crippen LogP contribution in [-0.2, 0) is 9.47 Å². The average Bonchev–Trinajstić information content (AvgIpc) is 3.08. The summed E-state index contributed by atoms with van der Waals surface area (Å²) < 4.78 is 14.9. The van der Waals surface area contributed by atoms with Gasteiger partial charge in [-0.1, -0.05) is 0 Å². The van der Waals surface area contributed by atoms with Crippen LogP contribution in [0, 0.1) is 0 Å². The van der Waals surface area contributed by atoms with Crippen molar-refractivity contribution in [2.24, 2.45) is 0 Å². The Morgan fingerprint density at radius 3 is 1.87 bits per heavy atom. The Labute approximate surface area is 133 Å². The summed E-state index contributed by atoms with van der Waals surface area (Å²) in [7, 11) is 0. The molecule has 0 N–H and O–H groups in total. The standard InChI is InChI=1S/C17H16O6/c1-3-21-16(19)12-8-11(15(18)14-6-5-7-23-14)9-13(10-12)17(20)22-4-2/h5-10H,3-4H2,1-2H3. The number of ketones is 1. The molecule has 0 saturated heterocycles.